The van der Waals surface area contributed by atoms with E-state index >= 15 is 0 Å². The molecule has 2 rings (SSSR count). The molecule has 0 amide bonds. The van der Waals surface area contributed by atoms with Gasteiger partial charge in [0.2, 0.25) is 0 Å². The molecule has 0 saturated heterocycles. The van der Waals surface area contributed by atoms with Gasteiger partial charge in [-0.1, -0.05) is 0 Å². The third-order valence-electron chi connectivity index (χ3n) is 2.09. The summed E-state index contributed by atoms with van der Waals surface area (Å²) >= 11 is 0. The Morgan fingerprint density at radius 2 is 2.44 bits per heavy atom. The Morgan fingerprint density at radius 3 is 3.22 bits per heavy atom. The molecule has 0 radical (unpaired) electrons. The third kappa shape index (κ3) is 0.732. The molecule has 9 heavy (non-hydrogen) atoms. The maximum Gasteiger partial charge on any atom is 0.180 e. The van der Waals surface area contributed by atoms with Crippen molar-refractivity contribution in [2.45, 2.75) is 38.3 Å². The molecule has 0 aromatic carbocycles. The van der Waals surface area contributed by atoms with Crippen LogP contribution in [0.4, 0.5) is 0 Å². The Kier molecular flexibility index (Phi) is 1.01. The molecule has 0 aromatic rings. The van der Waals surface area contributed by atoms with Crippen LogP contribution in [0.3, 0.4) is 0 Å². The van der Waals surface area contributed by atoms with Crippen molar-refractivity contribution in [2.24, 2.45) is 4.99 Å². The third-order valence-corrected chi connectivity index (χ3v) is 2.09. The molecule has 2 aliphatic rings. The topological polar surface area (TPSA) is 21.6 Å². The summed E-state index contributed by atoms with van der Waals surface area (Å²) in [5.41, 5.74) is 0. The summed E-state index contributed by atoms with van der Waals surface area (Å²) in [4.78, 5) is 4.34. The first-order chi connectivity index (χ1) is 4.36. The number of rotatable bonds is 0. The molecule has 50 valence electrons. The average Bonchev–Trinajstić information content (AvgIpc) is 2.22. The lowest BCUT2D eigenvalue weighted by atomic mass is 10.2. The smallest absolute Gasteiger partial charge is 0.180 e. The lowest BCUT2D eigenvalue weighted by molar-refractivity contribution is 0.209. The van der Waals surface area contributed by atoms with Gasteiger partial charge in [-0.05, 0) is 19.3 Å². The van der Waals surface area contributed by atoms with Crippen molar-refractivity contribution < 1.29 is 4.74 Å². The van der Waals surface area contributed by atoms with E-state index in [1.807, 2.05) is 6.92 Å². The molecule has 1 fully saturated rings. The Bertz CT molecular complexity index is 153. The van der Waals surface area contributed by atoms with Crippen molar-refractivity contribution in [3.8, 4) is 0 Å². The van der Waals surface area contributed by atoms with Gasteiger partial charge < -0.3 is 4.74 Å². The lowest BCUT2D eigenvalue weighted by Gasteiger charge is -2.05. The molecule has 1 saturated carbocycles. The zero-order chi connectivity index (χ0) is 6.27. The highest BCUT2D eigenvalue weighted by Gasteiger charge is 2.33. The molecule has 0 aromatic heterocycles. The Labute approximate surface area is 54.9 Å². The van der Waals surface area contributed by atoms with E-state index in [1.54, 1.807) is 0 Å². The van der Waals surface area contributed by atoms with Crippen LogP contribution in [0.2, 0.25) is 0 Å². The molecule has 0 unspecified atom stereocenters. The van der Waals surface area contributed by atoms with Gasteiger partial charge in [-0.25, -0.2) is 4.99 Å². The highest BCUT2D eigenvalue weighted by Crippen LogP contribution is 2.29. The second kappa shape index (κ2) is 1.72. The van der Waals surface area contributed by atoms with E-state index in [1.165, 1.54) is 19.3 Å². The largest absolute Gasteiger partial charge is 0.476 e. The minimum Gasteiger partial charge on any atom is -0.476 e. The van der Waals surface area contributed by atoms with Gasteiger partial charge in [0.15, 0.2) is 5.90 Å². The van der Waals surface area contributed by atoms with Crippen molar-refractivity contribution >= 4 is 5.90 Å². The van der Waals surface area contributed by atoms with Gasteiger partial charge >= 0.3 is 0 Å². The molecule has 1 heterocycles. The summed E-state index contributed by atoms with van der Waals surface area (Å²) in [7, 11) is 0. The van der Waals surface area contributed by atoms with E-state index < -0.39 is 0 Å². The van der Waals surface area contributed by atoms with Gasteiger partial charge in [-0.3, -0.25) is 0 Å². The van der Waals surface area contributed by atoms with Crippen LogP contribution in [-0.2, 0) is 4.74 Å². The van der Waals surface area contributed by atoms with Crippen molar-refractivity contribution in [3.05, 3.63) is 0 Å². The van der Waals surface area contributed by atoms with E-state index in [0.717, 1.165) is 5.90 Å². The number of fused-ring (bicyclic) bond motifs is 1. The van der Waals surface area contributed by atoms with Crippen molar-refractivity contribution in [2.75, 3.05) is 0 Å². The quantitative estimate of drug-likeness (QED) is 0.479. The van der Waals surface area contributed by atoms with E-state index in [0.29, 0.717) is 12.1 Å². The molecular formula is C7H11NO. The van der Waals surface area contributed by atoms with E-state index in [2.05, 4.69) is 4.99 Å². The molecule has 1 aliphatic carbocycles. The van der Waals surface area contributed by atoms with Crippen molar-refractivity contribution in [3.63, 3.8) is 0 Å². The number of aliphatic imine (C=N–C) groups is 1. The van der Waals surface area contributed by atoms with E-state index in [4.69, 9.17) is 4.74 Å². The first-order valence-electron chi connectivity index (χ1n) is 3.57. The fourth-order valence-corrected chi connectivity index (χ4v) is 1.67. The highest BCUT2D eigenvalue weighted by molar-refractivity contribution is 5.75. The predicted octanol–water partition coefficient (Wildman–Crippen LogP) is 1.36. The van der Waals surface area contributed by atoms with Crippen LogP contribution in [0.1, 0.15) is 26.2 Å². The SMILES string of the molecule is CC1=N[C@@H]2CCC[C@@H]2O1. The minimum absolute atomic E-state index is 0.449. The van der Waals surface area contributed by atoms with Crippen LogP contribution in [0.5, 0.6) is 0 Å². The van der Waals surface area contributed by atoms with E-state index in [-0.39, 0.29) is 0 Å². The van der Waals surface area contributed by atoms with E-state index in [9.17, 15) is 0 Å². The maximum absolute atomic E-state index is 5.44. The van der Waals surface area contributed by atoms with Gasteiger partial charge in [-0.2, -0.15) is 0 Å². The second-order valence-corrected chi connectivity index (χ2v) is 2.80. The zero-order valence-electron chi connectivity index (χ0n) is 5.63. The monoisotopic (exact) mass is 125 g/mol. The van der Waals surface area contributed by atoms with Crippen LogP contribution in [0.15, 0.2) is 4.99 Å². The fourth-order valence-electron chi connectivity index (χ4n) is 1.67. The van der Waals surface area contributed by atoms with Gasteiger partial charge in [0.1, 0.15) is 6.10 Å². The maximum atomic E-state index is 5.44. The molecule has 0 bridgehead atoms. The summed E-state index contributed by atoms with van der Waals surface area (Å²) in [6, 6.07) is 0.519. The number of nitrogens with zero attached hydrogens (tertiary/aromatic N) is 1. The first-order valence-corrected chi connectivity index (χ1v) is 3.57. The zero-order valence-corrected chi connectivity index (χ0v) is 5.63. The molecule has 0 N–H and O–H groups in total. The second-order valence-electron chi connectivity index (χ2n) is 2.80. The molecule has 2 nitrogen and oxygen atoms in total. The number of hydrogen-bond acceptors (Lipinski definition) is 2. The van der Waals surface area contributed by atoms with Crippen LogP contribution < -0.4 is 0 Å². The summed E-state index contributed by atoms with van der Waals surface area (Å²) in [6.45, 7) is 1.94. The van der Waals surface area contributed by atoms with Crippen molar-refractivity contribution in [1.29, 1.82) is 0 Å². The van der Waals surface area contributed by atoms with Gasteiger partial charge in [0.05, 0.1) is 6.04 Å². The lowest BCUT2D eigenvalue weighted by Crippen LogP contribution is -2.13. The van der Waals surface area contributed by atoms with Crippen LogP contribution in [-0.4, -0.2) is 18.0 Å². The van der Waals surface area contributed by atoms with Gasteiger partial charge in [0, 0.05) is 6.92 Å². The molecule has 1 aliphatic heterocycles. The summed E-state index contributed by atoms with van der Waals surface area (Å²) in [6.07, 6.45) is 4.20. The molecule has 2 atom stereocenters. The van der Waals surface area contributed by atoms with Gasteiger partial charge in [0.25, 0.3) is 0 Å². The van der Waals surface area contributed by atoms with Crippen molar-refractivity contribution in [1.82, 2.24) is 0 Å². The van der Waals surface area contributed by atoms with Crippen LogP contribution in [0.25, 0.3) is 0 Å². The number of ether oxygens (including phenoxy) is 1. The highest BCUT2D eigenvalue weighted by atomic mass is 16.5. The normalized spacial score (nSPS) is 39.9. The summed E-state index contributed by atoms with van der Waals surface area (Å²) in [5.74, 6) is 0.893. The minimum atomic E-state index is 0.449. The standard InChI is InChI=1S/C7H11NO/c1-5-8-6-3-2-4-7(6)9-5/h6-7H,2-4H2,1H3/t6-,7+/m1/s1. The Morgan fingerprint density at radius 1 is 1.56 bits per heavy atom. The number of hydrogen-bond donors (Lipinski definition) is 0. The summed E-state index contributed by atoms with van der Waals surface area (Å²) < 4.78 is 5.44. The molecular weight excluding hydrogens is 114 g/mol. The predicted molar refractivity (Wildman–Crippen MR) is 35.6 cm³/mol. The average molecular weight is 125 g/mol. The summed E-state index contributed by atoms with van der Waals surface area (Å²) in [5, 5.41) is 0. The molecule has 2 heteroatoms. The Hall–Kier alpha value is -0.530. The Balaban J connectivity index is 2.13. The fraction of sp³-hybridized carbons (Fsp3) is 0.857. The van der Waals surface area contributed by atoms with Crippen LogP contribution >= 0.6 is 0 Å². The molecule has 0 spiro atoms. The van der Waals surface area contributed by atoms with Crippen LogP contribution in [0, 0.1) is 0 Å². The van der Waals surface area contributed by atoms with Gasteiger partial charge in [-0.15, -0.1) is 0 Å². The first kappa shape index (κ1) is 5.27.